The van der Waals surface area contributed by atoms with E-state index in [0.29, 0.717) is 10.7 Å². The van der Waals surface area contributed by atoms with Crippen LogP contribution in [-0.2, 0) is 4.79 Å². The molecular formula is C13H16F3N3O3. The Balaban J connectivity index is 2.23. The Bertz CT molecular complexity index is 570. The summed E-state index contributed by atoms with van der Waals surface area (Å²) in [6.45, 7) is 2.61. The number of nitrogens with one attached hydrogen (secondary N) is 1. The molecule has 2 amide bonds. The van der Waals surface area contributed by atoms with Crippen molar-refractivity contribution in [2.24, 2.45) is 0 Å². The van der Waals surface area contributed by atoms with Crippen molar-refractivity contribution in [2.75, 3.05) is 6.54 Å². The van der Waals surface area contributed by atoms with Gasteiger partial charge in [-0.3, -0.25) is 9.59 Å². The van der Waals surface area contributed by atoms with E-state index in [0.717, 1.165) is 0 Å². The number of likely N-dealkylation sites (tertiary alicyclic amines) is 1. The minimum Gasteiger partial charge on any atom is -0.361 e. The first-order chi connectivity index (χ1) is 10.2. The van der Waals surface area contributed by atoms with Gasteiger partial charge in [0.1, 0.15) is 11.8 Å². The Kier molecular flexibility index (Phi) is 4.43. The van der Waals surface area contributed by atoms with E-state index in [1.807, 2.05) is 0 Å². The Morgan fingerprint density at radius 1 is 1.41 bits per heavy atom. The average molecular weight is 319 g/mol. The first-order valence-corrected chi connectivity index (χ1v) is 6.76. The molecule has 0 saturated carbocycles. The van der Waals surface area contributed by atoms with Gasteiger partial charge in [0.2, 0.25) is 5.91 Å². The van der Waals surface area contributed by atoms with E-state index in [2.05, 4.69) is 10.5 Å². The number of hydrogen-bond acceptors (Lipinski definition) is 4. The highest BCUT2D eigenvalue weighted by Gasteiger charge is 2.48. The van der Waals surface area contributed by atoms with Crippen LogP contribution < -0.4 is 5.32 Å². The number of rotatable bonds is 2. The molecule has 0 radical (unpaired) electrons. The predicted octanol–water partition coefficient (Wildman–Crippen LogP) is 1.65. The van der Waals surface area contributed by atoms with Crippen LogP contribution >= 0.6 is 0 Å². The van der Waals surface area contributed by atoms with Gasteiger partial charge in [0, 0.05) is 25.6 Å². The van der Waals surface area contributed by atoms with Crippen LogP contribution in [0.25, 0.3) is 0 Å². The van der Waals surface area contributed by atoms with Crippen LogP contribution in [0.15, 0.2) is 10.6 Å². The van der Waals surface area contributed by atoms with Crippen molar-refractivity contribution in [3.63, 3.8) is 0 Å². The van der Waals surface area contributed by atoms with Gasteiger partial charge in [-0.15, -0.1) is 0 Å². The molecule has 22 heavy (non-hydrogen) atoms. The SMILES string of the molecule is CC(=O)NC1CCC(C(F)(F)F)N(C(=O)c2cc(C)on2)C1. The summed E-state index contributed by atoms with van der Waals surface area (Å²) in [5, 5.41) is 6.02. The van der Waals surface area contributed by atoms with Crippen LogP contribution in [-0.4, -0.2) is 46.7 Å². The lowest BCUT2D eigenvalue weighted by Gasteiger charge is -2.40. The van der Waals surface area contributed by atoms with Crippen LogP contribution in [0.3, 0.4) is 0 Å². The zero-order valence-electron chi connectivity index (χ0n) is 12.1. The molecule has 1 aromatic rings. The molecule has 1 aliphatic heterocycles. The number of amides is 2. The van der Waals surface area contributed by atoms with Gasteiger partial charge in [0.15, 0.2) is 5.69 Å². The molecular weight excluding hydrogens is 303 g/mol. The average Bonchev–Trinajstić information content (AvgIpc) is 2.82. The number of hydrogen-bond donors (Lipinski definition) is 1. The highest BCUT2D eigenvalue weighted by Crippen LogP contribution is 2.32. The smallest absolute Gasteiger partial charge is 0.361 e. The Morgan fingerprint density at radius 3 is 2.59 bits per heavy atom. The first-order valence-electron chi connectivity index (χ1n) is 6.76. The van der Waals surface area contributed by atoms with Crippen molar-refractivity contribution >= 4 is 11.8 Å². The van der Waals surface area contributed by atoms with Gasteiger partial charge < -0.3 is 14.7 Å². The van der Waals surface area contributed by atoms with Gasteiger partial charge in [-0.25, -0.2) is 0 Å². The Morgan fingerprint density at radius 2 is 2.09 bits per heavy atom. The zero-order valence-corrected chi connectivity index (χ0v) is 12.1. The van der Waals surface area contributed by atoms with Gasteiger partial charge in [-0.2, -0.15) is 13.2 Å². The van der Waals surface area contributed by atoms with Gasteiger partial charge in [-0.1, -0.05) is 5.16 Å². The minimum atomic E-state index is -4.53. The van der Waals surface area contributed by atoms with Crippen LogP contribution in [0.1, 0.15) is 36.0 Å². The quantitative estimate of drug-likeness (QED) is 0.899. The maximum atomic E-state index is 13.1. The number of aromatic nitrogens is 1. The summed E-state index contributed by atoms with van der Waals surface area (Å²) in [6.07, 6.45) is -4.64. The third-order valence-electron chi connectivity index (χ3n) is 3.48. The molecule has 2 rings (SSSR count). The molecule has 1 saturated heterocycles. The summed E-state index contributed by atoms with van der Waals surface area (Å²) >= 11 is 0. The summed E-state index contributed by atoms with van der Waals surface area (Å²) < 4.78 is 44.2. The van der Waals surface area contributed by atoms with Crippen molar-refractivity contribution in [3.8, 4) is 0 Å². The van der Waals surface area contributed by atoms with Gasteiger partial charge >= 0.3 is 6.18 Å². The van der Waals surface area contributed by atoms with Gasteiger partial charge in [-0.05, 0) is 19.8 Å². The predicted molar refractivity (Wildman–Crippen MR) is 69.0 cm³/mol. The lowest BCUT2D eigenvalue weighted by molar-refractivity contribution is -0.184. The third-order valence-corrected chi connectivity index (χ3v) is 3.48. The van der Waals surface area contributed by atoms with E-state index >= 15 is 0 Å². The fourth-order valence-corrected chi connectivity index (χ4v) is 2.56. The molecule has 0 bridgehead atoms. The van der Waals surface area contributed by atoms with Gasteiger partial charge in [0.05, 0.1) is 0 Å². The number of carbonyl (C=O) groups excluding carboxylic acids is 2. The molecule has 1 aromatic heterocycles. The van der Waals surface area contributed by atoms with E-state index in [1.54, 1.807) is 6.92 Å². The number of piperidine rings is 1. The number of carbonyl (C=O) groups is 2. The molecule has 0 spiro atoms. The topological polar surface area (TPSA) is 75.4 Å². The van der Waals surface area contributed by atoms with Crippen molar-refractivity contribution in [3.05, 3.63) is 17.5 Å². The number of aryl methyl sites for hydroxylation is 1. The lowest BCUT2D eigenvalue weighted by Crippen LogP contribution is -2.58. The number of nitrogens with zero attached hydrogens (tertiary/aromatic N) is 2. The molecule has 0 aromatic carbocycles. The largest absolute Gasteiger partial charge is 0.408 e. The molecule has 9 heteroatoms. The zero-order chi connectivity index (χ0) is 16.5. The fourth-order valence-electron chi connectivity index (χ4n) is 2.56. The van der Waals surface area contributed by atoms with Crippen LogP contribution in [0.5, 0.6) is 0 Å². The second-order valence-corrected chi connectivity index (χ2v) is 5.31. The minimum absolute atomic E-state index is 0.158. The van der Waals surface area contributed by atoms with Crippen LogP contribution in [0, 0.1) is 6.92 Å². The highest BCUT2D eigenvalue weighted by atomic mass is 19.4. The van der Waals surface area contributed by atoms with E-state index in [9.17, 15) is 22.8 Å². The molecule has 2 unspecified atom stereocenters. The number of alkyl halides is 3. The van der Waals surface area contributed by atoms with Crippen molar-refractivity contribution in [1.82, 2.24) is 15.4 Å². The van der Waals surface area contributed by atoms with Crippen molar-refractivity contribution in [2.45, 2.75) is 44.9 Å². The Labute approximate surface area is 124 Å². The van der Waals surface area contributed by atoms with Crippen molar-refractivity contribution < 1.29 is 27.3 Å². The standard InChI is InChI=1S/C13H16F3N3O3/c1-7-5-10(18-22-7)12(21)19-6-9(17-8(2)20)3-4-11(19)13(14,15)16/h5,9,11H,3-4,6H2,1-2H3,(H,17,20). The number of halogens is 3. The van der Waals surface area contributed by atoms with Crippen molar-refractivity contribution in [1.29, 1.82) is 0 Å². The Hall–Kier alpha value is -2.06. The maximum Gasteiger partial charge on any atom is 0.408 e. The molecule has 2 heterocycles. The van der Waals surface area contributed by atoms with E-state index < -0.39 is 24.2 Å². The molecule has 0 aliphatic carbocycles. The highest BCUT2D eigenvalue weighted by molar-refractivity contribution is 5.92. The third kappa shape index (κ3) is 3.58. The van der Waals surface area contributed by atoms with E-state index in [4.69, 9.17) is 4.52 Å². The molecule has 1 fully saturated rings. The second-order valence-electron chi connectivity index (χ2n) is 5.31. The maximum absolute atomic E-state index is 13.1. The van der Waals surface area contributed by atoms with Gasteiger partial charge in [0.25, 0.3) is 5.91 Å². The lowest BCUT2D eigenvalue weighted by atomic mass is 9.97. The first kappa shape index (κ1) is 16.3. The molecule has 1 N–H and O–H groups in total. The summed E-state index contributed by atoms with van der Waals surface area (Å²) in [6, 6.07) is -1.10. The molecule has 1 aliphatic rings. The fraction of sp³-hybridized carbons (Fsp3) is 0.615. The van der Waals surface area contributed by atoms with Crippen LogP contribution in [0.4, 0.5) is 13.2 Å². The summed E-state index contributed by atoms with van der Waals surface area (Å²) in [4.78, 5) is 24.1. The molecule has 6 nitrogen and oxygen atoms in total. The summed E-state index contributed by atoms with van der Waals surface area (Å²) in [7, 11) is 0. The second kappa shape index (κ2) is 5.98. The monoisotopic (exact) mass is 319 g/mol. The van der Waals surface area contributed by atoms with E-state index in [1.165, 1.54) is 13.0 Å². The molecule has 2 atom stereocenters. The normalized spacial score (nSPS) is 22.5. The summed E-state index contributed by atoms with van der Waals surface area (Å²) in [5.41, 5.74) is -0.171. The summed E-state index contributed by atoms with van der Waals surface area (Å²) in [5.74, 6) is -0.864. The molecule has 122 valence electrons. The van der Waals surface area contributed by atoms with Crippen LogP contribution in [0.2, 0.25) is 0 Å². The van der Waals surface area contributed by atoms with E-state index in [-0.39, 0.29) is 31.0 Å².